The van der Waals surface area contributed by atoms with Gasteiger partial charge in [-0.05, 0) is 11.6 Å². The van der Waals surface area contributed by atoms with Gasteiger partial charge in [0.25, 0.3) is 0 Å². The van der Waals surface area contributed by atoms with Crippen LogP contribution >= 0.6 is 15.9 Å². The number of aromatic nitrogens is 2. The summed E-state index contributed by atoms with van der Waals surface area (Å²) in [6, 6.07) is 7.71. The van der Waals surface area contributed by atoms with E-state index in [1.54, 1.807) is 19.0 Å². The molecule has 0 radical (unpaired) electrons. The van der Waals surface area contributed by atoms with E-state index in [2.05, 4.69) is 31.2 Å². The molecular formula is C13H14BrN5O2. The second kappa shape index (κ2) is 6.49. The molecule has 0 saturated carbocycles. The lowest BCUT2D eigenvalue weighted by molar-refractivity contribution is -0.383. The second-order valence-corrected chi connectivity index (χ2v) is 5.20. The van der Waals surface area contributed by atoms with Gasteiger partial charge in [-0.25, -0.2) is 9.97 Å². The topological polar surface area (TPSA) is 84.2 Å². The summed E-state index contributed by atoms with van der Waals surface area (Å²) in [7, 11) is 3.35. The highest BCUT2D eigenvalue weighted by atomic mass is 79.9. The number of nitrogens with one attached hydrogen (secondary N) is 1. The van der Waals surface area contributed by atoms with Gasteiger partial charge in [-0.1, -0.05) is 34.1 Å². The Morgan fingerprint density at radius 3 is 2.71 bits per heavy atom. The van der Waals surface area contributed by atoms with E-state index < -0.39 is 4.92 Å². The zero-order valence-corrected chi connectivity index (χ0v) is 13.2. The van der Waals surface area contributed by atoms with Crippen molar-refractivity contribution >= 4 is 33.3 Å². The molecule has 0 aliphatic rings. The van der Waals surface area contributed by atoms with Crippen LogP contribution in [0.4, 0.5) is 17.3 Å². The average Bonchev–Trinajstić information content (AvgIpc) is 2.48. The van der Waals surface area contributed by atoms with Crippen LogP contribution in [0, 0.1) is 10.1 Å². The molecule has 110 valence electrons. The van der Waals surface area contributed by atoms with Crippen molar-refractivity contribution in [1.82, 2.24) is 9.97 Å². The number of hydrogen-bond donors (Lipinski definition) is 1. The summed E-state index contributed by atoms with van der Waals surface area (Å²) in [6.45, 7) is 0.489. The predicted molar refractivity (Wildman–Crippen MR) is 84.5 cm³/mol. The molecule has 8 heteroatoms. The number of nitro groups is 1. The predicted octanol–water partition coefficient (Wildman–Crippen LogP) is 2.83. The molecule has 1 heterocycles. The van der Waals surface area contributed by atoms with Crippen LogP contribution < -0.4 is 10.2 Å². The van der Waals surface area contributed by atoms with Crippen molar-refractivity contribution in [3.63, 3.8) is 0 Å². The Bertz CT molecular complexity index is 665. The van der Waals surface area contributed by atoms with E-state index in [1.807, 2.05) is 24.3 Å². The summed E-state index contributed by atoms with van der Waals surface area (Å²) in [4.78, 5) is 20.5. The van der Waals surface area contributed by atoms with E-state index in [-0.39, 0.29) is 17.3 Å². The van der Waals surface area contributed by atoms with Gasteiger partial charge in [0.2, 0.25) is 11.6 Å². The maximum Gasteiger partial charge on any atom is 0.353 e. The largest absolute Gasteiger partial charge is 0.367 e. The van der Waals surface area contributed by atoms with Crippen molar-refractivity contribution in [2.75, 3.05) is 24.3 Å². The highest BCUT2D eigenvalue weighted by Gasteiger charge is 2.25. The van der Waals surface area contributed by atoms with Crippen LogP contribution in [0.5, 0.6) is 0 Å². The Morgan fingerprint density at radius 1 is 1.38 bits per heavy atom. The number of rotatable bonds is 5. The van der Waals surface area contributed by atoms with Crippen LogP contribution in [0.2, 0.25) is 0 Å². The SMILES string of the molecule is CNc1ncnc(N(C)Cc2ccccc2Br)c1[N+](=O)[O-]. The van der Waals surface area contributed by atoms with Gasteiger partial charge in [0.1, 0.15) is 6.33 Å². The summed E-state index contributed by atoms with van der Waals surface area (Å²) in [5, 5.41) is 14.0. The molecule has 0 aliphatic carbocycles. The standard InChI is InChI=1S/C13H14BrN5O2/c1-15-12-11(19(20)21)13(17-8-16-12)18(2)7-9-5-3-4-6-10(9)14/h3-6,8H,7H2,1-2H3,(H,15,16,17). The third kappa shape index (κ3) is 3.27. The van der Waals surface area contributed by atoms with Crippen molar-refractivity contribution in [3.05, 3.63) is 50.7 Å². The fraction of sp³-hybridized carbons (Fsp3) is 0.231. The molecule has 1 aromatic heterocycles. The van der Waals surface area contributed by atoms with Crippen molar-refractivity contribution in [3.8, 4) is 0 Å². The van der Waals surface area contributed by atoms with Gasteiger partial charge in [-0.3, -0.25) is 10.1 Å². The number of anilines is 2. The Morgan fingerprint density at radius 2 is 2.10 bits per heavy atom. The van der Waals surface area contributed by atoms with Gasteiger partial charge in [0, 0.05) is 25.1 Å². The first-order valence-corrected chi connectivity index (χ1v) is 6.95. The second-order valence-electron chi connectivity index (χ2n) is 4.35. The minimum atomic E-state index is -0.474. The number of halogens is 1. The molecule has 0 spiro atoms. The molecule has 0 aliphatic heterocycles. The van der Waals surface area contributed by atoms with Crippen molar-refractivity contribution in [2.45, 2.75) is 6.54 Å². The van der Waals surface area contributed by atoms with E-state index in [4.69, 9.17) is 0 Å². The monoisotopic (exact) mass is 351 g/mol. The maximum atomic E-state index is 11.3. The lowest BCUT2D eigenvalue weighted by Gasteiger charge is -2.19. The Hall–Kier alpha value is -2.22. The molecule has 2 aromatic rings. The van der Waals surface area contributed by atoms with Gasteiger partial charge < -0.3 is 10.2 Å². The molecular weight excluding hydrogens is 338 g/mol. The molecule has 21 heavy (non-hydrogen) atoms. The average molecular weight is 352 g/mol. The minimum absolute atomic E-state index is 0.130. The quantitative estimate of drug-likeness (QED) is 0.658. The lowest BCUT2D eigenvalue weighted by atomic mass is 10.2. The minimum Gasteiger partial charge on any atom is -0.367 e. The maximum absolute atomic E-state index is 11.3. The Labute approximate surface area is 130 Å². The summed E-state index contributed by atoms with van der Waals surface area (Å²) in [6.07, 6.45) is 1.31. The first-order valence-electron chi connectivity index (χ1n) is 6.16. The summed E-state index contributed by atoms with van der Waals surface area (Å²) < 4.78 is 0.947. The molecule has 2 rings (SSSR count). The zero-order chi connectivity index (χ0) is 15.4. The zero-order valence-electron chi connectivity index (χ0n) is 11.6. The Balaban J connectivity index is 2.37. The van der Waals surface area contributed by atoms with Crippen molar-refractivity contribution < 1.29 is 4.92 Å². The number of benzene rings is 1. The van der Waals surface area contributed by atoms with Crippen LogP contribution in [0.25, 0.3) is 0 Å². The van der Waals surface area contributed by atoms with Gasteiger partial charge in [-0.2, -0.15) is 0 Å². The molecule has 1 N–H and O–H groups in total. The lowest BCUT2D eigenvalue weighted by Crippen LogP contribution is -2.20. The van der Waals surface area contributed by atoms with Crippen LogP contribution in [-0.2, 0) is 6.54 Å². The summed E-state index contributed by atoms with van der Waals surface area (Å²) >= 11 is 3.47. The summed E-state index contributed by atoms with van der Waals surface area (Å²) in [5.74, 6) is 0.471. The molecule has 0 unspecified atom stereocenters. The van der Waals surface area contributed by atoms with E-state index in [0.29, 0.717) is 6.54 Å². The van der Waals surface area contributed by atoms with E-state index in [1.165, 1.54) is 6.33 Å². The highest BCUT2D eigenvalue weighted by molar-refractivity contribution is 9.10. The molecule has 0 bridgehead atoms. The van der Waals surface area contributed by atoms with Crippen LogP contribution in [-0.4, -0.2) is 29.0 Å². The molecule has 7 nitrogen and oxygen atoms in total. The third-order valence-corrected chi connectivity index (χ3v) is 3.72. The van der Waals surface area contributed by atoms with Gasteiger partial charge in [0.15, 0.2) is 0 Å². The molecule has 0 atom stereocenters. The molecule has 0 saturated heterocycles. The number of hydrogen-bond acceptors (Lipinski definition) is 6. The molecule has 1 aromatic carbocycles. The van der Waals surface area contributed by atoms with Crippen LogP contribution in [0.1, 0.15) is 5.56 Å². The van der Waals surface area contributed by atoms with Crippen LogP contribution in [0.15, 0.2) is 35.1 Å². The first-order chi connectivity index (χ1) is 10.0. The van der Waals surface area contributed by atoms with Crippen molar-refractivity contribution in [1.29, 1.82) is 0 Å². The third-order valence-electron chi connectivity index (χ3n) is 2.95. The summed E-state index contributed by atoms with van der Waals surface area (Å²) in [5.41, 5.74) is 0.883. The van der Waals surface area contributed by atoms with E-state index >= 15 is 0 Å². The van der Waals surface area contributed by atoms with E-state index in [9.17, 15) is 10.1 Å². The highest BCUT2D eigenvalue weighted by Crippen LogP contribution is 2.32. The van der Waals surface area contributed by atoms with Gasteiger partial charge in [0.05, 0.1) is 4.92 Å². The smallest absolute Gasteiger partial charge is 0.353 e. The number of nitrogens with zero attached hydrogens (tertiary/aromatic N) is 4. The van der Waals surface area contributed by atoms with E-state index in [0.717, 1.165) is 10.0 Å². The molecule has 0 fully saturated rings. The molecule has 0 amide bonds. The van der Waals surface area contributed by atoms with Gasteiger partial charge in [-0.15, -0.1) is 0 Å². The van der Waals surface area contributed by atoms with Crippen molar-refractivity contribution in [2.24, 2.45) is 0 Å². The fourth-order valence-electron chi connectivity index (χ4n) is 1.96. The first kappa shape index (κ1) is 15.2. The van der Waals surface area contributed by atoms with Crippen LogP contribution in [0.3, 0.4) is 0 Å². The Kier molecular flexibility index (Phi) is 4.69. The normalized spacial score (nSPS) is 10.2. The fourth-order valence-corrected chi connectivity index (χ4v) is 2.37. The van der Waals surface area contributed by atoms with Gasteiger partial charge >= 0.3 is 5.69 Å².